The predicted molar refractivity (Wildman–Crippen MR) is 52.8 cm³/mol. The van der Waals surface area contributed by atoms with Crippen LogP contribution >= 0.6 is 0 Å². The molecule has 1 fully saturated rings. The zero-order chi connectivity index (χ0) is 12.0. The fraction of sp³-hybridized carbons (Fsp3) is 0.455. The molecule has 1 aromatic carbocycles. The second-order valence-corrected chi connectivity index (χ2v) is 4.21. The van der Waals surface area contributed by atoms with Crippen molar-refractivity contribution in [1.82, 2.24) is 0 Å². The summed E-state index contributed by atoms with van der Waals surface area (Å²) in [4.78, 5) is 0. The summed E-state index contributed by atoms with van der Waals surface area (Å²) < 4.78 is 37.6. The van der Waals surface area contributed by atoms with Crippen molar-refractivity contribution in [1.29, 1.82) is 0 Å². The number of benzene rings is 1. The molecule has 0 atom stereocenters. The molecule has 0 bridgehead atoms. The van der Waals surface area contributed by atoms with Crippen LogP contribution in [-0.2, 0) is 11.7 Å². The normalized spacial score (nSPS) is 19.2. The van der Waals surface area contributed by atoms with Crippen molar-refractivity contribution in [2.45, 2.75) is 31.0 Å². The molecule has 0 unspecified atom stereocenters. The molecule has 0 spiro atoms. The van der Waals surface area contributed by atoms with Gasteiger partial charge in [-0.2, -0.15) is 13.2 Å². The molecular weight excluding hydrogens is 219 g/mol. The van der Waals surface area contributed by atoms with Crippen molar-refractivity contribution >= 4 is 0 Å². The molecular formula is C11H12F3NO. The van der Waals surface area contributed by atoms with E-state index in [0.717, 1.165) is 12.5 Å². The summed E-state index contributed by atoms with van der Waals surface area (Å²) in [5, 5.41) is 9.63. The number of para-hydroxylation sites is 1. The second kappa shape index (κ2) is 3.38. The average molecular weight is 231 g/mol. The van der Waals surface area contributed by atoms with Gasteiger partial charge in [-0.1, -0.05) is 12.1 Å². The van der Waals surface area contributed by atoms with Crippen molar-refractivity contribution in [3.63, 3.8) is 0 Å². The molecule has 0 amide bonds. The zero-order valence-electron chi connectivity index (χ0n) is 8.51. The Balaban J connectivity index is 2.49. The highest BCUT2D eigenvalue weighted by molar-refractivity contribution is 5.46. The molecule has 1 aliphatic carbocycles. The van der Waals surface area contributed by atoms with Gasteiger partial charge < -0.3 is 10.8 Å². The summed E-state index contributed by atoms with van der Waals surface area (Å²) in [5.74, 6) is -0.725. The largest absolute Gasteiger partial charge is 0.507 e. The van der Waals surface area contributed by atoms with Gasteiger partial charge in [-0.25, -0.2) is 0 Å². The van der Waals surface area contributed by atoms with Crippen LogP contribution in [0.15, 0.2) is 18.2 Å². The van der Waals surface area contributed by atoms with E-state index in [2.05, 4.69) is 0 Å². The molecule has 0 aromatic heterocycles. The molecule has 88 valence electrons. The first-order chi connectivity index (χ1) is 7.34. The van der Waals surface area contributed by atoms with E-state index in [4.69, 9.17) is 5.73 Å². The van der Waals surface area contributed by atoms with Crippen LogP contribution in [-0.4, -0.2) is 5.11 Å². The predicted octanol–water partition coefficient (Wildman–Crippen LogP) is 2.75. The minimum Gasteiger partial charge on any atom is -0.507 e. The fourth-order valence-corrected chi connectivity index (χ4v) is 2.00. The maximum absolute atomic E-state index is 12.5. The van der Waals surface area contributed by atoms with Crippen molar-refractivity contribution in [2.75, 3.05) is 0 Å². The molecule has 1 aromatic rings. The number of phenolic OH excluding ortho intramolecular Hbond substituents is 1. The lowest BCUT2D eigenvalue weighted by Crippen LogP contribution is -2.43. The third kappa shape index (κ3) is 1.65. The van der Waals surface area contributed by atoms with E-state index in [1.165, 1.54) is 12.1 Å². The number of nitrogens with two attached hydrogens (primary N) is 1. The quantitative estimate of drug-likeness (QED) is 0.780. The standard InChI is InChI=1S/C11H12F3NO/c12-11(13,14)8-4-1-3-7(9(8)16)10(15)5-2-6-10/h1,3-4,16H,2,5-6,15H2. The lowest BCUT2D eigenvalue weighted by Gasteiger charge is -2.39. The Bertz CT molecular complexity index is 410. The number of phenols is 1. The van der Waals surface area contributed by atoms with Crippen LogP contribution in [0.4, 0.5) is 13.2 Å². The summed E-state index contributed by atoms with van der Waals surface area (Å²) >= 11 is 0. The van der Waals surface area contributed by atoms with E-state index >= 15 is 0 Å². The van der Waals surface area contributed by atoms with Crippen LogP contribution in [0.1, 0.15) is 30.4 Å². The number of hydrogen-bond acceptors (Lipinski definition) is 2. The molecule has 1 saturated carbocycles. The molecule has 0 aliphatic heterocycles. The van der Waals surface area contributed by atoms with Crippen LogP contribution < -0.4 is 5.73 Å². The number of rotatable bonds is 1. The highest BCUT2D eigenvalue weighted by atomic mass is 19.4. The molecule has 2 rings (SSSR count). The zero-order valence-corrected chi connectivity index (χ0v) is 8.51. The first kappa shape index (κ1) is 11.3. The molecule has 1 aliphatic rings. The van der Waals surface area contributed by atoms with Gasteiger partial charge in [-0.15, -0.1) is 0 Å². The van der Waals surface area contributed by atoms with Crippen molar-refractivity contribution in [2.24, 2.45) is 5.73 Å². The van der Waals surface area contributed by atoms with E-state index in [-0.39, 0.29) is 5.56 Å². The van der Waals surface area contributed by atoms with Crippen molar-refractivity contribution in [3.05, 3.63) is 29.3 Å². The van der Waals surface area contributed by atoms with Gasteiger partial charge in [0.1, 0.15) is 5.75 Å². The highest BCUT2D eigenvalue weighted by Crippen LogP contribution is 2.46. The first-order valence-corrected chi connectivity index (χ1v) is 5.03. The van der Waals surface area contributed by atoms with Gasteiger partial charge >= 0.3 is 6.18 Å². The first-order valence-electron chi connectivity index (χ1n) is 5.03. The second-order valence-electron chi connectivity index (χ2n) is 4.21. The van der Waals surface area contributed by atoms with Crippen LogP contribution in [0, 0.1) is 0 Å². The van der Waals surface area contributed by atoms with Crippen LogP contribution in [0.3, 0.4) is 0 Å². The van der Waals surface area contributed by atoms with Gasteiger partial charge in [0.2, 0.25) is 0 Å². The summed E-state index contributed by atoms with van der Waals surface area (Å²) in [7, 11) is 0. The lowest BCUT2D eigenvalue weighted by molar-refractivity contribution is -0.138. The number of halogens is 3. The van der Waals surface area contributed by atoms with E-state index in [0.29, 0.717) is 12.8 Å². The smallest absolute Gasteiger partial charge is 0.419 e. The summed E-state index contributed by atoms with van der Waals surface area (Å²) in [6, 6.07) is 3.61. The van der Waals surface area contributed by atoms with E-state index in [1.807, 2.05) is 0 Å². The minimum absolute atomic E-state index is 0.202. The number of hydrogen-bond donors (Lipinski definition) is 2. The van der Waals surface area contributed by atoms with E-state index in [1.54, 1.807) is 0 Å². The summed E-state index contributed by atoms with van der Waals surface area (Å²) in [6.07, 6.45) is -2.43. The highest BCUT2D eigenvalue weighted by Gasteiger charge is 2.41. The minimum atomic E-state index is -4.54. The molecule has 2 nitrogen and oxygen atoms in total. The molecule has 16 heavy (non-hydrogen) atoms. The van der Waals surface area contributed by atoms with E-state index < -0.39 is 23.0 Å². The Hall–Kier alpha value is -1.23. The molecule has 5 heteroatoms. The van der Waals surface area contributed by atoms with Crippen LogP contribution in [0.2, 0.25) is 0 Å². The SMILES string of the molecule is NC1(c2cccc(C(F)(F)F)c2O)CCC1. The van der Waals surface area contributed by atoms with Crippen molar-refractivity contribution < 1.29 is 18.3 Å². The van der Waals surface area contributed by atoms with E-state index in [9.17, 15) is 18.3 Å². The van der Waals surface area contributed by atoms with Gasteiger partial charge in [0.05, 0.1) is 5.56 Å². The average Bonchev–Trinajstić information content (AvgIpc) is 2.13. The number of alkyl halides is 3. The summed E-state index contributed by atoms with van der Waals surface area (Å²) in [6.45, 7) is 0. The monoisotopic (exact) mass is 231 g/mol. The van der Waals surface area contributed by atoms with Crippen molar-refractivity contribution in [3.8, 4) is 5.75 Å². The lowest BCUT2D eigenvalue weighted by atomic mass is 9.72. The van der Waals surface area contributed by atoms with Gasteiger partial charge in [0.15, 0.2) is 0 Å². The van der Waals surface area contributed by atoms with Gasteiger partial charge in [0, 0.05) is 11.1 Å². The third-order valence-electron chi connectivity index (χ3n) is 3.12. The Morgan fingerprint density at radius 1 is 1.25 bits per heavy atom. The van der Waals surface area contributed by atoms with Gasteiger partial charge in [0.25, 0.3) is 0 Å². The van der Waals surface area contributed by atoms with Crippen LogP contribution in [0.5, 0.6) is 5.75 Å². The maximum Gasteiger partial charge on any atom is 0.419 e. The number of aromatic hydroxyl groups is 1. The Kier molecular flexibility index (Phi) is 2.38. The van der Waals surface area contributed by atoms with Crippen LogP contribution in [0.25, 0.3) is 0 Å². The van der Waals surface area contributed by atoms with Gasteiger partial charge in [-0.05, 0) is 25.3 Å². The Morgan fingerprint density at radius 2 is 1.88 bits per heavy atom. The Morgan fingerprint density at radius 3 is 2.31 bits per heavy atom. The Labute approximate surface area is 90.9 Å². The molecule has 0 saturated heterocycles. The molecule has 0 radical (unpaired) electrons. The molecule has 3 N–H and O–H groups in total. The summed E-state index contributed by atoms with van der Waals surface area (Å²) in [5.41, 5.74) is 4.31. The van der Waals surface area contributed by atoms with Gasteiger partial charge in [-0.3, -0.25) is 0 Å². The fourth-order valence-electron chi connectivity index (χ4n) is 2.00. The molecule has 0 heterocycles. The maximum atomic E-state index is 12.5. The third-order valence-corrected chi connectivity index (χ3v) is 3.12. The topological polar surface area (TPSA) is 46.2 Å².